The van der Waals surface area contributed by atoms with Crippen molar-refractivity contribution in [2.45, 2.75) is 31.9 Å². The molecule has 1 amide bonds. The highest BCUT2D eigenvalue weighted by atomic mass is 16.3. The number of rotatable bonds is 2. The fourth-order valence-electron chi connectivity index (χ4n) is 2.55. The van der Waals surface area contributed by atoms with Crippen molar-refractivity contribution in [3.63, 3.8) is 0 Å². The Bertz CT molecular complexity index is 445. The second-order valence-corrected chi connectivity index (χ2v) is 5.65. The summed E-state index contributed by atoms with van der Waals surface area (Å²) in [4.78, 5) is 14.4. The van der Waals surface area contributed by atoms with E-state index in [4.69, 9.17) is 5.73 Å². The molecule has 4 nitrogen and oxygen atoms in total. The van der Waals surface area contributed by atoms with Crippen molar-refractivity contribution >= 4 is 5.91 Å². The Morgan fingerprint density at radius 3 is 2.63 bits per heavy atom. The number of aliphatic hydroxyl groups is 1. The standard InChI is InChI=1S/C15H22N2O2/c1-11-10-17(9-8-13(11)18)14(19)15(2,16)12-6-4-3-5-7-12/h3-7,11,13,18H,8-10,16H2,1-2H3. The molecule has 104 valence electrons. The summed E-state index contributed by atoms with van der Waals surface area (Å²) >= 11 is 0. The largest absolute Gasteiger partial charge is 0.393 e. The highest BCUT2D eigenvalue weighted by molar-refractivity contribution is 5.87. The lowest BCUT2D eigenvalue weighted by Gasteiger charge is -2.38. The molecule has 0 spiro atoms. The van der Waals surface area contributed by atoms with Crippen LogP contribution in [-0.4, -0.2) is 35.1 Å². The molecule has 4 heteroatoms. The first-order chi connectivity index (χ1) is 8.93. The average Bonchev–Trinajstić information content (AvgIpc) is 2.42. The Kier molecular flexibility index (Phi) is 3.92. The number of amides is 1. The maximum absolute atomic E-state index is 12.6. The van der Waals surface area contributed by atoms with Gasteiger partial charge in [0.1, 0.15) is 5.54 Å². The second-order valence-electron chi connectivity index (χ2n) is 5.65. The van der Waals surface area contributed by atoms with E-state index < -0.39 is 5.54 Å². The predicted molar refractivity (Wildman–Crippen MR) is 74.3 cm³/mol. The van der Waals surface area contributed by atoms with Gasteiger partial charge in [-0.2, -0.15) is 0 Å². The number of benzene rings is 1. The van der Waals surface area contributed by atoms with Gasteiger partial charge in [-0.25, -0.2) is 0 Å². The predicted octanol–water partition coefficient (Wildman–Crippen LogP) is 1.09. The van der Waals surface area contributed by atoms with E-state index in [1.165, 1.54) is 0 Å². The third-order valence-electron chi connectivity index (χ3n) is 3.96. The number of hydrogen-bond donors (Lipinski definition) is 2. The third kappa shape index (κ3) is 2.80. The fraction of sp³-hybridized carbons (Fsp3) is 0.533. The van der Waals surface area contributed by atoms with Crippen molar-refractivity contribution in [3.8, 4) is 0 Å². The number of carbonyl (C=O) groups excluding carboxylic acids is 1. The topological polar surface area (TPSA) is 66.6 Å². The van der Waals surface area contributed by atoms with E-state index in [0.29, 0.717) is 19.5 Å². The van der Waals surface area contributed by atoms with Crippen LogP contribution in [0.4, 0.5) is 0 Å². The summed E-state index contributed by atoms with van der Waals surface area (Å²) in [5, 5.41) is 9.73. The lowest BCUT2D eigenvalue weighted by atomic mass is 9.89. The Labute approximate surface area is 114 Å². The van der Waals surface area contributed by atoms with Gasteiger partial charge in [0.05, 0.1) is 6.10 Å². The molecule has 1 saturated heterocycles. The van der Waals surface area contributed by atoms with Crippen LogP contribution in [-0.2, 0) is 10.3 Å². The minimum absolute atomic E-state index is 0.0718. The summed E-state index contributed by atoms with van der Waals surface area (Å²) in [6.07, 6.45) is 0.308. The summed E-state index contributed by atoms with van der Waals surface area (Å²) < 4.78 is 0. The quantitative estimate of drug-likeness (QED) is 0.838. The minimum Gasteiger partial charge on any atom is -0.393 e. The Morgan fingerprint density at radius 1 is 1.42 bits per heavy atom. The molecule has 0 saturated carbocycles. The molecule has 1 aliphatic heterocycles. The highest BCUT2D eigenvalue weighted by Crippen LogP contribution is 2.24. The fourth-order valence-corrected chi connectivity index (χ4v) is 2.55. The van der Waals surface area contributed by atoms with Crippen LogP contribution in [0.3, 0.4) is 0 Å². The highest BCUT2D eigenvalue weighted by Gasteiger charge is 2.37. The van der Waals surface area contributed by atoms with Crippen LogP contribution in [0.1, 0.15) is 25.8 Å². The zero-order chi connectivity index (χ0) is 14.0. The van der Waals surface area contributed by atoms with Crippen molar-refractivity contribution in [2.24, 2.45) is 11.7 Å². The van der Waals surface area contributed by atoms with Crippen molar-refractivity contribution in [2.75, 3.05) is 13.1 Å². The van der Waals surface area contributed by atoms with Crippen molar-refractivity contribution in [1.82, 2.24) is 4.90 Å². The van der Waals surface area contributed by atoms with Crippen LogP contribution in [0.25, 0.3) is 0 Å². The summed E-state index contributed by atoms with van der Waals surface area (Å²) in [6, 6.07) is 9.43. The van der Waals surface area contributed by atoms with E-state index in [1.54, 1.807) is 11.8 Å². The van der Waals surface area contributed by atoms with Gasteiger partial charge in [0.2, 0.25) is 5.91 Å². The van der Waals surface area contributed by atoms with E-state index in [1.807, 2.05) is 37.3 Å². The van der Waals surface area contributed by atoms with Crippen LogP contribution in [0.15, 0.2) is 30.3 Å². The van der Waals surface area contributed by atoms with Crippen molar-refractivity contribution < 1.29 is 9.90 Å². The Balaban J connectivity index is 2.15. The maximum atomic E-state index is 12.6. The molecule has 1 fully saturated rings. The number of piperidine rings is 1. The Hall–Kier alpha value is -1.39. The molecule has 3 unspecified atom stereocenters. The van der Waals surface area contributed by atoms with Crippen LogP contribution in [0.2, 0.25) is 0 Å². The zero-order valence-corrected chi connectivity index (χ0v) is 11.5. The number of nitrogens with two attached hydrogens (primary N) is 1. The summed E-state index contributed by atoms with van der Waals surface area (Å²) in [5.41, 5.74) is 6.05. The average molecular weight is 262 g/mol. The van der Waals surface area contributed by atoms with Crippen molar-refractivity contribution in [3.05, 3.63) is 35.9 Å². The van der Waals surface area contributed by atoms with Gasteiger partial charge >= 0.3 is 0 Å². The van der Waals surface area contributed by atoms with E-state index in [2.05, 4.69) is 0 Å². The number of hydrogen-bond acceptors (Lipinski definition) is 3. The minimum atomic E-state index is -1.01. The van der Waals surface area contributed by atoms with E-state index in [9.17, 15) is 9.90 Å². The first-order valence-corrected chi connectivity index (χ1v) is 6.74. The monoisotopic (exact) mass is 262 g/mol. The molecule has 1 heterocycles. The van der Waals surface area contributed by atoms with Gasteiger partial charge in [-0.15, -0.1) is 0 Å². The molecule has 0 aromatic heterocycles. The first kappa shape index (κ1) is 14.0. The van der Waals surface area contributed by atoms with E-state index in [0.717, 1.165) is 5.56 Å². The van der Waals surface area contributed by atoms with Gasteiger partial charge in [0.25, 0.3) is 0 Å². The number of carbonyl (C=O) groups is 1. The van der Waals surface area contributed by atoms with Gasteiger partial charge in [-0.05, 0) is 24.8 Å². The van der Waals surface area contributed by atoms with E-state index >= 15 is 0 Å². The molecule has 1 aliphatic rings. The van der Waals surface area contributed by atoms with Gasteiger partial charge in [-0.1, -0.05) is 37.3 Å². The number of aliphatic hydroxyl groups excluding tert-OH is 1. The van der Waals surface area contributed by atoms with Crippen LogP contribution >= 0.6 is 0 Å². The smallest absolute Gasteiger partial charge is 0.246 e. The lowest BCUT2D eigenvalue weighted by molar-refractivity contribution is -0.140. The molecule has 2 rings (SSSR count). The lowest BCUT2D eigenvalue weighted by Crippen LogP contribution is -2.55. The van der Waals surface area contributed by atoms with Crippen LogP contribution in [0.5, 0.6) is 0 Å². The number of likely N-dealkylation sites (tertiary alicyclic amines) is 1. The summed E-state index contributed by atoms with van der Waals surface area (Å²) in [6.45, 7) is 4.85. The molecular weight excluding hydrogens is 240 g/mol. The zero-order valence-electron chi connectivity index (χ0n) is 11.5. The van der Waals surface area contributed by atoms with Gasteiger partial charge < -0.3 is 15.7 Å². The van der Waals surface area contributed by atoms with Gasteiger partial charge in [0, 0.05) is 13.1 Å². The molecule has 0 bridgehead atoms. The van der Waals surface area contributed by atoms with Gasteiger partial charge in [-0.3, -0.25) is 4.79 Å². The maximum Gasteiger partial charge on any atom is 0.246 e. The molecule has 1 aromatic rings. The molecule has 3 N–H and O–H groups in total. The Morgan fingerprint density at radius 2 is 2.05 bits per heavy atom. The molecule has 19 heavy (non-hydrogen) atoms. The van der Waals surface area contributed by atoms with E-state index in [-0.39, 0.29) is 17.9 Å². The number of nitrogens with zero attached hydrogens (tertiary/aromatic N) is 1. The summed E-state index contributed by atoms with van der Waals surface area (Å²) in [5.74, 6) is 0.0294. The molecular formula is C15H22N2O2. The normalized spacial score (nSPS) is 26.8. The third-order valence-corrected chi connectivity index (χ3v) is 3.96. The second kappa shape index (κ2) is 5.31. The summed E-state index contributed by atoms with van der Waals surface area (Å²) in [7, 11) is 0. The molecule has 1 aromatic carbocycles. The van der Waals surface area contributed by atoms with Crippen LogP contribution in [0, 0.1) is 5.92 Å². The van der Waals surface area contributed by atoms with Crippen molar-refractivity contribution in [1.29, 1.82) is 0 Å². The molecule has 3 atom stereocenters. The van der Waals surface area contributed by atoms with Crippen LogP contribution < -0.4 is 5.73 Å². The molecule has 0 radical (unpaired) electrons. The molecule has 0 aliphatic carbocycles. The SMILES string of the molecule is CC1CN(C(=O)C(C)(N)c2ccccc2)CCC1O. The first-order valence-electron chi connectivity index (χ1n) is 6.74. The van der Waals surface area contributed by atoms with Gasteiger partial charge in [0.15, 0.2) is 0 Å².